The van der Waals surface area contributed by atoms with Crippen molar-refractivity contribution in [2.45, 2.75) is 33.1 Å². The van der Waals surface area contributed by atoms with Gasteiger partial charge in [-0.25, -0.2) is 0 Å². The summed E-state index contributed by atoms with van der Waals surface area (Å²) >= 11 is 0. The summed E-state index contributed by atoms with van der Waals surface area (Å²) in [7, 11) is 0. The Morgan fingerprint density at radius 1 is 1.00 bits per heavy atom. The van der Waals surface area contributed by atoms with E-state index in [2.05, 4.69) is 52.5 Å². The third kappa shape index (κ3) is 3.57. The number of carbonyl (C=O) groups excluding carboxylic acids is 1. The summed E-state index contributed by atoms with van der Waals surface area (Å²) in [5, 5.41) is 16.6. The van der Waals surface area contributed by atoms with Crippen molar-refractivity contribution >= 4 is 17.5 Å². The molecule has 1 amide bonds. The molecule has 2 aliphatic heterocycles. The fourth-order valence-electron chi connectivity index (χ4n) is 4.37. The number of carbonyl (C=O) groups is 1. The number of nitrogens with one attached hydrogen (secondary N) is 1. The van der Waals surface area contributed by atoms with Gasteiger partial charge in [0.2, 0.25) is 5.91 Å². The van der Waals surface area contributed by atoms with E-state index in [0.29, 0.717) is 31.3 Å². The fourth-order valence-corrected chi connectivity index (χ4v) is 4.37. The molecule has 0 unspecified atom stereocenters. The third-order valence-electron chi connectivity index (χ3n) is 6.22. The molecule has 0 saturated carbocycles. The minimum Gasteiger partial charge on any atom is -0.378 e. The van der Waals surface area contributed by atoms with E-state index in [1.54, 1.807) is 4.68 Å². The Labute approximate surface area is 181 Å². The zero-order valence-electron chi connectivity index (χ0n) is 18.1. The normalized spacial score (nSPS) is 18.6. The average Bonchev–Trinajstić information content (AvgIpc) is 3.12. The number of aryl methyl sites for hydroxylation is 3. The number of nitrogens with zero attached hydrogens (tertiary/aromatic N) is 5. The van der Waals surface area contributed by atoms with Crippen LogP contribution in [0, 0.1) is 20.8 Å². The first-order valence-corrected chi connectivity index (χ1v) is 10.6. The first kappa shape index (κ1) is 19.7. The van der Waals surface area contributed by atoms with Crippen LogP contribution in [0.15, 0.2) is 30.3 Å². The van der Waals surface area contributed by atoms with Crippen molar-refractivity contribution in [3.8, 4) is 5.82 Å². The van der Waals surface area contributed by atoms with Crippen LogP contribution in [-0.2, 0) is 9.53 Å². The van der Waals surface area contributed by atoms with Crippen molar-refractivity contribution in [3.05, 3.63) is 58.3 Å². The predicted molar refractivity (Wildman–Crippen MR) is 118 cm³/mol. The van der Waals surface area contributed by atoms with E-state index in [1.165, 1.54) is 11.1 Å². The van der Waals surface area contributed by atoms with Gasteiger partial charge >= 0.3 is 0 Å². The maximum atomic E-state index is 12.6. The number of hydrogen-bond donors (Lipinski definition) is 1. The van der Waals surface area contributed by atoms with E-state index in [9.17, 15) is 4.79 Å². The standard InChI is InChI=1S/C23H26N6O2/c1-14-4-5-17(12-15(14)2)18-13-21(30)24-23-22(18)16(3)27-29(23)20-7-6-19(25-26-20)28-8-10-31-11-9-28/h4-7,12,18H,8-11,13H2,1-3H3,(H,24,30)/t18-/m1/s1. The van der Waals surface area contributed by atoms with Crippen molar-refractivity contribution in [1.29, 1.82) is 0 Å². The van der Waals surface area contributed by atoms with Gasteiger partial charge < -0.3 is 15.0 Å². The zero-order valence-corrected chi connectivity index (χ0v) is 18.1. The summed E-state index contributed by atoms with van der Waals surface area (Å²) in [5.74, 6) is 2.04. The molecule has 160 valence electrons. The lowest BCUT2D eigenvalue weighted by Gasteiger charge is -2.27. The van der Waals surface area contributed by atoms with E-state index in [-0.39, 0.29) is 11.8 Å². The molecule has 0 aliphatic carbocycles. The SMILES string of the molecule is Cc1ccc([C@H]2CC(=O)Nc3c2c(C)nn3-c2ccc(N3CCOCC3)nn2)cc1C. The lowest BCUT2D eigenvalue weighted by Crippen LogP contribution is -2.36. The highest BCUT2D eigenvalue weighted by Crippen LogP contribution is 2.40. The van der Waals surface area contributed by atoms with E-state index >= 15 is 0 Å². The van der Waals surface area contributed by atoms with Crippen LogP contribution in [0.3, 0.4) is 0 Å². The van der Waals surface area contributed by atoms with Gasteiger partial charge in [-0.3, -0.25) is 4.79 Å². The Kier molecular flexibility index (Phi) is 4.94. The molecule has 2 aliphatic rings. The van der Waals surface area contributed by atoms with Crippen LogP contribution < -0.4 is 10.2 Å². The molecule has 8 heteroatoms. The summed E-state index contributed by atoms with van der Waals surface area (Å²) in [6.07, 6.45) is 0.406. The number of benzene rings is 1. The zero-order chi connectivity index (χ0) is 21.5. The topological polar surface area (TPSA) is 85.2 Å². The first-order valence-electron chi connectivity index (χ1n) is 10.6. The van der Waals surface area contributed by atoms with Crippen LogP contribution >= 0.6 is 0 Å². The lowest BCUT2D eigenvalue weighted by atomic mass is 9.84. The highest BCUT2D eigenvalue weighted by molar-refractivity contribution is 5.95. The molecule has 0 spiro atoms. The summed E-state index contributed by atoms with van der Waals surface area (Å²) in [6.45, 7) is 9.18. The Morgan fingerprint density at radius 3 is 2.45 bits per heavy atom. The molecule has 5 rings (SSSR count). The van der Waals surface area contributed by atoms with E-state index < -0.39 is 0 Å². The second-order valence-corrected chi connectivity index (χ2v) is 8.26. The summed E-state index contributed by atoms with van der Waals surface area (Å²) in [5.41, 5.74) is 5.53. The van der Waals surface area contributed by atoms with Gasteiger partial charge in [0.15, 0.2) is 11.6 Å². The minimum absolute atomic E-state index is 0.0187. The van der Waals surface area contributed by atoms with Gasteiger partial charge in [0.25, 0.3) is 0 Å². The van der Waals surface area contributed by atoms with E-state index in [0.717, 1.165) is 35.7 Å². The summed E-state index contributed by atoms with van der Waals surface area (Å²) < 4.78 is 7.11. The largest absolute Gasteiger partial charge is 0.378 e. The van der Waals surface area contributed by atoms with Gasteiger partial charge in [-0.05, 0) is 49.6 Å². The van der Waals surface area contributed by atoms with Gasteiger partial charge in [0.1, 0.15) is 5.82 Å². The third-order valence-corrected chi connectivity index (χ3v) is 6.22. The molecule has 3 aromatic rings. The molecule has 31 heavy (non-hydrogen) atoms. The van der Waals surface area contributed by atoms with Crippen LogP contribution in [0.2, 0.25) is 0 Å². The number of amides is 1. The van der Waals surface area contributed by atoms with Crippen LogP contribution in [-0.4, -0.2) is 52.2 Å². The fraction of sp³-hybridized carbons (Fsp3) is 0.391. The van der Waals surface area contributed by atoms with Crippen molar-refractivity contribution in [1.82, 2.24) is 20.0 Å². The lowest BCUT2D eigenvalue weighted by molar-refractivity contribution is -0.116. The number of ether oxygens (including phenoxy) is 1. The number of morpholine rings is 1. The number of hydrogen-bond acceptors (Lipinski definition) is 6. The van der Waals surface area contributed by atoms with Gasteiger partial charge in [0.05, 0.1) is 18.9 Å². The molecule has 8 nitrogen and oxygen atoms in total. The number of fused-ring (bicyclic) bond motifs is 1. The molecule has 2 aromatic heterocycles. The molecular formula is C23H26N6O2. The van der Waals surface area contributed by atoms with Crippen LogP contribution in [0.25, 0.3) is 5.82 Å². The molecule has 1 N–H and O–H groups in total. The van der Waals surface area contributed by atoms with Gasteiger partial charge in [-0.15, -0.1) is 10.2 Å². The average molecular weight is 419 g/mol. The quantitative estimate of drug-likeness (QED) is 0.704. The Morgan fingerprint density at radius 2 is 1.74 bits per heavy atom. The second kappa shape index (κ2) is 7.77. The van der Waals surface area contributed by atoms with Gasteiger partial charge in [0, 0.05) is 31.0 Å². The Hall–Kier alpha value is -3.26. The highest BCUT2D eigenvalue weighted by Gasteiger charge is 2.33. The first-order chi connectivity index (χ1) is 15.0. The predicted octanol–water partition coefficient (Wildman–Crippen LogP) is 2.90. The monoisotopic (exact) mass is 418 g/mol. The van der Waals surface area contributed by atoms with E-state index in [1.807, 2.05) is 19.1 Å². The minimum atomic E-state index is -0.0302. The molecule has 1 atom stereocenters. The smallest absolute Gasteiger partial charge is 0.226 e. The van der Waals surface area contributed by atoms with Crippen molar-refractivity contribution in [2.75, 3.05) is 36.5 Å². The van der Waals surface area contributed by atoms with E-state index in [4.69, 9.17) is 9.84 Å². The molecule has 0 bridgehead atoms. The van der Waals surface area contributed by atoms with Gasteiger partial charge in [-0.1, -0.05) is 18.2 Å². The van der Waals surface area contributed by atoms with Crippen LogP contribution in [0.5, 0.6) is 0 Å². The molecule has 0 radical (unpaired) electrons. The van der Waals surface area contributed by atoms with Crippen LogP contribution in [0.1, 0.15) is 40.3 Å². The maximum Gasteiger partial charge on any atom is 0.226 e. The van der Waals surface area contributed by atoms with Crippen molar-refractivity contribution < 1.29 is 9.53 Å². The number of anilines is 2. The Bertz CT molecular complexity index is 1130. The second-order valence-electron chi connectivity index (χ2n) is 8.26. The molecule has 1 saturated heterocycles. The summed E-state index contributed by atoms with van der Waals surface area (Å²) in [4.78, 5) is 14.8. The number of rotatable bonds is 3. The molecular weight excluding hydrogens is 392 g/mol. The number of aromatic nitrogens is 4. The molecule has 1 aromatic carbocycles. The van der Waals surface area contributed by atoms with Crippen LogP contribution in [0.4, 0.5) is 11.6 Å². The van der Waals surface area contributed by atoms with Crippen molar-refractivity contribution in [2.24, 2.45) is 0 Å². The Balaban J connectivity index is 1.52. The molecule has 4 heterocycles. The molecule has 1 fully saturated rings. The highest BCUT2D eigenvalue weighted by atomic mass is 16.5. The summed E-state index contributed by atoms with van der Waals surface area (Å²) in [6, 6.07) is 10.3. The van der Waals surface area contributed by atoms with Crippen molar-refractivity contribution in [3.63, 3.8) is 0 Å². The van der Waals surface area contributed by atoms with Gasteiger partial charge in [-0.2, -0.15) is 9.78 Å². The maximum absolute atomic E-state index is 12.6.